The number of hydrogen-bond acceptors (Lipinski definition) is 4. The molecule has 1 saturated heterocycles. The Morgan fingerprint density at radius 3 is 2.40 bits per heavy atom. The minimum absolute atomic E-state index is 0.00627. The third kappa shape index (κ3) is 5.86. The number of nitrogens with zero attached hydrogens (tertiary/aromatic N) is 1. The van der Waals surface area contributed by atoms with Gasteiger partial charge in [0.2, 0.25) is 5.91 Å². The average molecular weight is 408 g/mol. The highest BCUT2D eigenvalue weighted by Gasteiger charge is 2.25. The maximum atomic E-state index is 13.0. The van der Waals surface area contributed by atoms with Gasteiger partial charge in [-0.25, -0.2) is 0 Å². The lowest BCUT2D eigenvalue weighted by molar-refractivity contribution is -0.128. The van der Waals surface area contributed by atoms with E-state index < -0.39 is 5.91 Å². The van der Waals surface area contributed by atoms with Crippen molar-refractivity contribution in [3.63, 3.8) is 0 Å². The summed E-state index contributed by atoms with van der Waals surface area (Å²) in [5, 5.41) is 0. The number of likely N-dealkylation sites (tertiary alicyclic amines) is 1. The number of nitrogens with two attached hydrogens (primary N) is 1. The van der Waals surface area contributed by atoms with E-state index in [0.717, 1.165) is 49.1 Å². The van der Waals surface area contributed by atoms with Gasteiger partial charge in [-0.15, -0.1) is 0 Å². The topological polar surface area (TPSA) is 81.9 Å². The molecule has 0 radical (unpaired) electrons. The molecule has 1 fully saturated rings. The van der Waals surface area contributed by atoms with Crippen LogP contribution in [0.4, 0.5) is 0 Å². The van der Waals surface area contributed by atoms with Crippen LogP contribution in [-0.4, -0.2) is 37.0 Å². The lowest BCUT2D eigenvalue weighted by atomic mass is 10.0. The first-order chi connectivity index (χ1) is 14.6. The van der Waals surface area contributed by atoms with Crippen LogP contribution in [0.1, 0.15) is 42.9 Å². The van der Waals surface area contributed by atoms with Gasteiger partial charge < -0.3 is 20.1 Å². The van der Waals surface area contributed by atoms with E-state index in [9.17, 15) is 9.59 Å². The molecule has 1 unspecified atom stereocenters. The summed E-state index contributed by atoms with van der Waals surface area (Å²) in [6.07, 6.45) is 7.64. The minimum atomic E-state index is -0.520. The van der Waals surface area contributed by atoms with Crippen molar-refractivity contribution >= 4 is 17.9 Å². The smallest absolute Gasteiger partial charge is 0.255 e. The van der Waals surface area contributed by atoms with E-state index in [1.54, 1.807) is 31.4 Å². The molecule has 158 valence electrons. The highest BCUT2D eigenvalue weighted by molar-refractivity contribution is 5.92. The van der Waals surface area contributed by atoms with Crippen molar-refractivity contribution in [2.45, 2.75) is 31.7 Å². The molecule has 2 aromatic carbocycles. The standard InChI is InChI=1S/C24H28N2O4/c1-29-20-13-9-19(10-14-20)22-5-3-2-4-16-26(22)24(28)15-8-18-6-11-21(12-7-18)30-17-23(25)27/h6-15,22H,2-5,16-17H2,1H3,(H2,25,27). The molecule has 2 aromatic rings. The normalized spacial score (nSPS) is 16.8. The molecular formula is C24H28N2O4. The molecule has 0 spiro atoms. The Bertz CT molecular complexity index is 875. The number of rotatable bonds is 7. The van der Waals surface area contributed by atoms with Crippen LogP contribution >= 0.6 is 0 Å². The molecule has 3 rings (SSSR count). The molecule has 2 amide bonds. The second kappa shape index (κ2) is 10.5. The summed E-state index contributed by atoms with van der Waals surface area (Å²) < 4.78 is 10.5. The number of carbonyl (C=O) groups is 2. The average Bonchev–Trinajstić information content (AvgIpc) is 3.03. The van der Waals surface area contributed by atoms with E-state index in [1.165, 1.54) is 0 Å². The van der Waals surface area contributed by atoms with E-state index in [4.69, 9.17) is 15.2 Å². The van der Waals surface area contributed by atoms with Gasteiger partial charge in [-0.05, 0) is 54.3 Å². The van der Waals surface area contributed by atoms with Gasteiger partial charge >= 0.3 is 0 Å². The summed E-state index contributed by atoms with van der Waals surface area (Å²) >= 11 is 0. The van der Waals surface area contributed by atoms with Gasteiger partial charge in [0.05, 0.1) is 13.2 Å². The number of ether oxygens (including phenoxy) is 2. The molecule has 0 bridgehead atoms. The van der Waals surface area contributed by atoms with Gasteiger partial charge in [0.15, 0.2) is 6.61 Å². The van der Waals surface area contributed by atoms with Crippen molar-refractivity contribution in [1.29, 1.82) is 0 Å². The first kappa shape index (κ1) is 21.4. The molecule has 2 N–H and O–H groups in total. The van der Waals surface area contributed by atoms with Gasteiger partial charge in [0, 0.05) is 12.6 Å². The van der Waals surface area contributed by atoms with Crippen LogP contribution in [0.2, 0.25) is 0 Å². The molecule has 1 aliphatic rings. The maximum absolute atomic E-state index is 13.0. The molecule has 1 heterocycles. The third-order valence-electron chi connectivity index (χ3n) is 5.22. The zero-order chi connectivity index (χ0) is 21.3. The molecular weight excluding hydrogens is 380 g/mol. The lowest BCUT2D eigenvalue weighted by Crippen LogP contribution is -2.33. The number of carbonyl (C=O) groups excluding carboxylic acids is 2. The lowest BCUT2D eigenvalue weighted by Gasteiger charge is -2.29. The molecule has 0 saturated carbocycles. The summed E-state index contributed by atoms with van der Waals surface area (Å²) in [5.74, 6) is 0.859. The SMILES string of the molecule is COc1ccc(C2CCCCCN2C(=O)C=Cc2ccc(OCC(N)=O)cc2)cc1. The fourth-order valence-corrected chi connectivity index (χ4v) is 3.64. The van der Waals surface area contributed by atoms with E-state index in [-0.39, 0.29) is 18.6 Å². The van der Waals surface area contributed by atoms with Crippen LogP contribution in [0.15, 0.2) is 54.6 Å². The van der Waals surface area contributed by atoms with Crippen LogP contribution in [0, 0.1) is 0 Å². The second-order valence-corrected chi connectivity index (χ2v) is 7.33. The van der Waals surface area contributed by atoms with Crippen LogP contribution < -0.4 is 15.2 Å². The van der Waals surface area contributed by atoms with Crippen molar-refractivity contribution in [3.05, 3.63) is 65.7 Å². The predicted octanol–water partition coefficient (Wildman–Crippen LogP) is 3.72. The number of benzene rings is 2. The Morgan fingerprint density at radius 2 is 1.73 bits per heavy atom. The first-order valence-electron chi connectivity index (χ1n) is 10.2. The van der Waals surface area contributed by atoms with Crippen molar-refractivity contribution < 1.29 is 19.1 Å². The molecule has 6 nitrogen and oxygen atoms in total. The predicted molar refractivity (Wildman–Crippen MR) is 116 cm³/mol. The Kier molecular flexibility index (Phi) is 7.49. The second-order valence-electron chi connectivity index (χ2n) is 7.33. The van der Waals surface area contributed by atoms with E-state index >= 15 is 0 Å². The van der Waals surface area contributed by atoms with E-state index in [0.29, 0.717) is 5.75 Å². The summed E-state index contributed by atoms with van der Waals surface area (Å²) in [5.41, 5.74) is 7.09. The summed E-state index contributed by atoms with van der Waals surface area (Å²) in [6, 6.07) is 15.2. The fraction of sp³-hybridized carbons (Fsp3) is 0.333. The minimum Gasteiger partial charge on any atom is -0.497 e. The molecule has 0 aromatic heterocycles. The number of primary amides is 1. The Balaban J connectivity index is 1.69. The fourth-order valence-electron chi connectivity index (χ4n) is 3.64. The zero-order valence-electron chi connectivity index (χ0n) is 17.3. The zero-order valence-corrected chi connectivity index (χ0v) is 17.3. The molecule has 0 aliphatic carbocycles. The van der Waals surface area contributed by atoms with Crippen molar-refractivity contribution in [1.82, 2.24) is 4.90 Å². The van der Waals surface area contributed by atoms with Crippen LogP contribution in [-0.2, 0) is 9.59 Å². The monoisotopic (exact) mass is 408 g/mol. The highest BCUT2D eigenvalue weighted by Crippen LogP contribution is 2.31. The highest BCUT2D eigenvalue weighted by atomic mass is 16.5. The number of amides is 2. The Labute approximate surface area is 177 Å². The largest absolute Gasteiger partial charge is 0.497 e. The van der Waals surface area contributed by atoms with Crippen molar-refractivity contribution in [2.24, 2.45) is 5.73 Å². The van der Waals surface area contributed by atoms with Gasteiger partial charge in [0.1, 0.15) is 11.5 Å². The number of hydrogen-bond donors (Lipinski definition) is 1. The molecule has 6 heteroatoms. The Hall–Kier alpha value is -3.28. The third-order valence-corrected chi connectivity index (χ3v) is 5.22. The summed E-state index contributed by atoms with van der Waals surface area (Å²) in [7, 11) is 1.65. The quantitative estimate of drug-likeness (QED) is 0.708. The van der Waals surface area contributed by atoms with Crippen molar-refractivity contribution in [3.8, 4) is 11.5 Å². The van der Waals surface area contributed by atoms with Crippen molar-refractivity contribution in [2.75, 3.05) is 20.3 Å². The maximum Gasteiger partial charge on any atom is 0.255 e. The van der Waals surface area contributed by atoms with Gasteiger partial charge in [0.25, 0.3) is 5.91 Å². The van der Waals surface area contributed by atoms with E-state index in [2.05, 4.69) is 0 Å². The first-order valence-corrected chi connectivity index (χ1v) is 10.2. The van der Waals surface area contributed by atoms with E-state index in [1.807, 2.05) is 41.3 Å². The Morgan fingerprint density at radius 1 is 1.03 bits per heavy atom. The summed E-state index contributed by atoms with van der Waals surface area (Å²) in [4.78, 5) is 25.8. The number of methoxy groups -OCH3 is 1. The van der Waals surface area contributed by atoms with Gasteiger partial charge in [-0.2, -0.15) is 0 Å². The summed E-state index contributed by atoms with van der Waals surface area (Å²) in [6.45, 7) is 0.592. The molecule has 30 heavy (non-hydrogen) atoms. The molecule has 1 atom stereocenters. The van der Waals surface area contributed by atoms with Crippen LogP contribution in [0.25, 0.3) is 6.08 Å². The van der Waals surface area contributed by atoms with Crippen LogP contribution in [0.3, 0.4) is 0 Å². The van der Waals surface area contributed by atoms with Crippen LogP contribution in [0.5, 0.6) is 11.5 Å². The van der Waals surface area contributed by atoms with Gasteiger partial charge in [-0.1, -0.05) is 37.1 Å². The molecule has 1 aliphatic heterocycles. The van der Waals surface area contributed by atoms with Gasteiger partial charge in [-0.3, -0.25) is 9.59 Å².